The number of hydrogen-bond donors (Lipinski definition) is 3. The second kappa shape index (κ2) is 12.1. The van der Waals surface area contributed by atoms with Gasteiger partial charge < -0.3 is 24.4 Å². The molecule has 1 aromatic carbocycles. The third-order valence-corrected chi connectivity index (χ3v) is 7.73. The van der Waals surface area contributed by atoms with Crippen LogP contribution in [0, 0.1) is 5.92 Å². The van der Waals surface area contributed by atoms with Crippen molar-refractivity contribution >= 4 is 35.0 Å². The number of benzene rings is 1. The maximum Gasteiger partial charge on any atom is 0.289 e. The summed E-state index contributed by atoms with van der Waals surface area (Å²) in [6.45, 7) is 1.58. The van der Waals surface area contributed by atoms with Gasteiger partial charge in [-0.3, -0.25) is 30.0 Å². The fraction of sp³-hybridized carbons (Fsp3) is 0.480. The zero-order valence-electron chi connectivity index (χ0n) is 21.5. The molecule has 13 heteroatoms. The van der Waals surface area contributed by atoms with Crippen molar-refractivity contribution in [1.29, 1.82) is 0 Å². The maximum absolute atomic E-state index is 13.3. The highest BCUT2D eigenvalue weighted by Gasteiger charge is 2.31. The van der Waals surface area contributed by atoms with Crippen molar-refractivity contribution in [3.05, 3.63) is 33.8 Å². The van der Waals surface area contributed by atoms with Gasteiger partial charge in [0.25, 0.3) is 17.7 Å². The molecular formula is C25H31N5O7S. The van der Waals surface area contributed by atoms with Gasteiger partial charge in [-0.1, -0.05) is 0 Å². The molecule has 0 saturated carbocycles. The fourth-order valence-corrected chi connectivity index (χ4v) is 5.61. The Morgan fingerprint density at radius 2 is 1.76 bits per heavy atom. The van der Waals surface area contributed by atoms with Crippen LogP contribution in [0.4, 0.5) is 0 Å². The number of hydrogen-bond acceptors (Lipinski definition) is 9. The Morgan fingerprint density at radius 3 is 2.42 bits per heavy atom. The first-order valence-electron chi connectivity index (χ1n) is 12.3. The van der Waals surface area contributed by atoms with E-state index in [1.165, 1.54) is 32.7 Å². The van der Waals surface area contributed by atoms with Gasteiger partial charge in [0.1, 0.15) is 11.6 Å². The summed E-state index contributed by atoms with van der Waals surface area (Å²) in [5.41, 5.74) is 5.25. The maximum atomic E-state index is 13.3. The molecule has 2 aliphatic rings. The summed E-state index contributed by atoms with van der Waals surface area (Å²) in [5, 5.41) is 5.07. The highest BCUT2D eigenvalue weighted by molar-refractivity contribution is 7.09. The van der Waals surface area contributed by atoms with Gasteiger partial charge in [-0.15, -0.1) is 11.3 Å². The number of carbonyl (C=O) groups is 4. The topological polar surface area (TPSA) is 148 Å². The van der Waals surface area contributed by atoms with Crippen LogP contribution in [0.25, 0.3) is 0 Å². The van der Waals surface area contributed by atoms with Crippen LogP contribution in [0.5, 0.6) is 17.2 Å². The fourth-order valence-electron chi connectivity index (χ4n) is 4.64. The summed E-state index contributed by atoms with van der Waals surface area (Å²) in [6, 6.07) is 3.34. The summed E-state index contributed by atoms with van der Waals surface area (Å²) < 4.78 is 16.2. The number of methoxy groups -OCH3 is 3. The Balaban J connectivity index is 1.33. The van der Waals surface area contributed by atoms with Crippen LogP contribution in [-0.2, 0) is 9.59 Å². The number of amides is 4. The molecule has 2 aromatic rings. The predicted octanol–water partition coefficient (Wildman–Crippen LogP) is 1.48. The van der Waals surface area contributed by atoms with Gasteiger partial charge in [-0.2, -0.15) is 0 Å². The molecular weight excluding hydrogens is 514 g/mol. The summed E-state index contributed by atoms with van der Waals surface area (Å²) in [6.07, 6.45) is 2.51. The predicted molar refractivity (Wildman–Crippen MR) is 137 cm³/mol. The lowest BCUT2D eigenvalue weighted by Gasteiger charge is -2.31. The Labute approximate surface area is 224 Å². The average molecular weight is 546 g/mol. The van der Waals surface area contributed by atoms with Crippen molar-refractivity contribution < 1.29 is 33.4 Å². The van der Waals surface area contributed by atoms with Gasteiger partial charge in [0.15, 0.2) is 11.5 Å². The summed E-state index contributed by atoms with van der Waals surface area (Å²) in [4.78, 5) is 56.1. The van der Waals surface area contributed by atoms with Gasteiger partial charge in [0, 0.05) is 30.9 Å². The van der Waals surface area contributed by atoms with Crippen LogP contribution < -0.4 is 30.4 Å². The minimum Gasteiger partial charge on any atom is -0.493 e. The van der Waals surface area contributed by atoms with E-state index < -0.39 is 17.7 Å². The summed E-state index contributed by atoms with van der Waals surface area (Å²) in [7, 11) is 4.49. The van der Waals surface area contributed by atoms with Crippen molar-refractivity contribution in [2.24, 2.45) is 5.92 Å². The molecule has 2 saturated heterocycles. The molecule has 4 rings (SSSR count). The Hall–Kier alpha value is -3.87. The Morgan fingerprint density at radius 1 is 1.03 bits per heavy atom. The lowest BCUT2D eigenvalue weighted by molar-refractivity contribution is -0.137. The van der Waals surface area contributed by atoms with Gasteiger partial charge in [0.2, 0.25) is 11.7 Å². The first kappa shape index (κ1) is 27.2. The molecule has 2 fully saturated rings. The van der Waals surface area contributed by atoms with Crippen LogP contribution in [0.3, 0.4) is 0 Å². The minimum atomic E-state index is -0.818. The number of rotatable bonds is 7. The molecule has 0 spiro atoms. The number of nitrogens with zero attached hydrogens (tertiary/aromatic N) is 2. The van der Waals surface area contributed by atoms with E-state index in [0.29, 0.717) is 68.1 Å². The van der Waals surface area contributed by atoms with Crippen LogP contribution in [0.1, 0.15) is 57.5 Å². The Kier molecular flexibility index (Phi) is 8.66. The van der Waals surface area contributed by atoms with E-state index in [2.05, 4.69) is 21.2 Å². The molecule has 2 aliphatic heterocycles. The molecule has 38 heavy (non-hydrogen) atoms. The van der Waals surface area contributed by atoms with E-state index in [1.54, 1.807) is 22.4 Å². The molecule has 1 atom stereocenters. The molecule has 4 amide bonds. The molecule has 1 unspecified atom stereocenters. The molecule has 12 nitrogen and oxygen atoms in total. The zero-order valence-corrected chi connectivity index (χ0v) is 22.3. The number of aromatic nitrogens is 1. The molecule has 3 heterocycles. The summed E-state index contributed by atoms with van der Waals surface area (Å²) in [5.74, 6) is -1.16. The number of piperidine rings is 2. The molecule has 3 N–H and O–H groups in total. The molecule has 0 bridgehead atoms. The highest BCUT2D eigenvalue weighted by Crippen LogP contribution is 2.40. The molecule has 204 valence electrons. The van der Waals surface area contributed by atoms with E-state index in [4.69, 9.17) is 14.2 Å². The van der Waals surface area contributed by atoms with E-state index >= 15 is 0 Å². The lowest BCUT2D eigenvalue weighted by atomic mass is 9.97. The second-order valence-electron chi connectivity index (χ2n) is 8.95. The van der Waals surface area contributed by atoms with Crippen LogP contribution >= 0.6 is 11.3 Å². The van der Waals surface area contributed by atoms with Crippen molar-refractivity contribution in [3.8, 4) is 17.2 Å². The van der Waals surface area contributed by atoms with E-state index in [-0.39, 0.29) is 23.4 Å². The number of carbonyl (C=O) groups excluding carboxylic acids is 4. The van der Waals surface area contributed by atoms with Crippen molar-refractivity contribution in [1.82, 2.24) is 26.1 Å². The first-order valence-corrected chi connectivity index (χ1v) is 13.2. The minimum absolute atomic E-state index is 0.0958. The number of hydrazine groups is 1. The normalized spacial score (nSPS) is 17.8. The van der Waals surface area contributed by atoms with Crippen molar-refractivity contribution in [2.75, 3.05) is 41.0 Å². The van der Waals surface area contributed by atoms with E-state index in [9.17, 15) is 19.2 Å². The third kappa shape index (κ3) is 5.67. The van der Waals surface area contributed by atoms with Crippen LogP contribution in [0.15, 0.2) is 17.5 Å². The smallest absolute Gasteiger partial charge is 0.289 e. The number of thiazole rings is 1. The van der Waals surface area contributed by atoms with Crippen LogP contribution in [-0.4, -0.2) is 74.5 Å². The lowest BCUT2D eigenvalue weighted by Crippen LogP contribution is -2.50. The molecule has 1 aromatic heterocycles. The monoisotopic (exact) mass is 545 g/mol. The van der Waals surface area contributed by atoms with E-state index in [1.807, 2.05) is 0 Å². The number of ether oxygens (including phenoxy) is 3. The standard InChI is InChI=1S/C25H31N5O7S/c1-35-18-7-6-15(19(36-2)20(18)37-3)25(34)30-11-8-14(9-12-30)24-27-17(13-38-24)23(33)29-28-22(32)16-5-4-10-26-21(16)31/h6-7,13-14,16H,4-5,8-12H2,1-3H3,(H,26,31)(H,28,32)(H,29,33). The zero-order chi connectivity index (χ0) is 27.2. The number of likely N-dealkylation sites (tertiary alicyclic amines) is 1. The first-order chi connectivity index (χ1) is 18.4. The largest absolute Gasteiger partial charge is 0.493 e. The summed E-state index contributed by atoms with van der Waals surface area (Å²) >= 11 is 1.37. The average Bonchev–Trinajstić information content (AvgIpc) is 3.45. The quantitative estimate of drug-likeness (QED) is 0.350. The second-order valence-corrected chi connectivity index (χ2v) is 9.84. The third-order valence-electron chi connectivity index (χ3n) is 6.72. The van der Waals surface area contributed by atoms with Gasteiger partial charge >= 0.3 is 0 Å². The SMILES string of the molecule is COc1ccc(C(=O)N2CCC(c3nc(C(=O)NNC(=O)C4CCCNC4=O)cs3)CC2)c(OC)c1OC. The molecule has 0 aliphatic carbocycles. The van der Waals surface area contributed by atoms with E-state index in [0.717, 1.165) is 5.01 Å². The Bertz CT molecular complexity index is 1210. The number of nitrogens with one attached hydrogen (secondary N) is 3. The van der Waals surface area contributed by atoms with Gasteiger partial charge in [-0.05, 0) is 37.8 Å². The van der Waals surface area contributed by atoms with Crippen LogP contribution in [0.2, 0.25) is 0 Å². The van der Waals surface area contributed by atoms with Crippen molar-refractivity contribution in [2.45, 2.75) is 31.6 Å². The molecule has 0 radical (unpaired) electrons. The van der Waals surface area contributed by atoms with Gasteiger partial charge in [0.05, 0.1) is 31.9 Å². The highest BCUT2D eigenvalue weighted by atomic mass is 32.1. The van der Waals surface area contributed by atoms with Crippen molar-refractivity contribution in [3.63, 3.8) is 0 Å². The van der Waals surface area contributed by atoms with Gasteiger partial charge in [-0.25, -0.2) is 4.98 Å².